The van der Waals surface area contributed by atoms with Crippen LogP contribution in [0.2, 0.25) is 0 Å². The van der Waals surface area contributed by atoms with Crippen molar-refractivity contribution in [2.75, 3.05) is 13.1 Å². The number of nitrogens with zero attached hydrogens (tertiary/aromatic N) is 1. The first kappa shape index (κ1) is 36.3. The molecule has 0 saturated heterocycles. The molecule has 6 aliphatic carbocycles. The zero-order chi connectivity index (χ0) is 37.4. The summed E-state index contributed by atoms with van der Waals surface area (Å²) in [5.41, 5.74) is -1.79. The lowest BCUT2D eigenvalue weighted by Gasteiger charge is -2.71. The van der Waals surface area contributed by atoms with Crippen LogP contribution in [0.15, 0.2) is 89.8 Å². The summed E-state index contributed by atoms with van der Waals surface area (Å²) in [6, 6.07) is 16.8. The zero-order valence-electron chi connectivity index (χ0n) is 30.8. The number of benzene rings is 2. The van der Waals surface area contributed by atoms with Crippen LogP contribution in [-0.4, -0.2) is 51.7 Å². The highest BCUT2D eigenvalue weighted by Crippen LogP contribution is 2.78. The zero-order valence-corrected chi connectivity index (χ0v) is 31.6. The van der Waals surface area contributed by atoms with Crippen LogP contribution in [0.4, 0.5) is 13.6 Å². The van der Waals surface area contributed by atoms with Crippen LogP contribution in [0.5, 0.6) is 0 Å². The van der Waals surface area contributed by atoms with E-state index in [1.54, 1.807) is 16.2 Å². The van der Waals surface area contributed by atoms with Gasteiger partial charge in [-0.2, -0.15) is 0 Å². The number of urea groups is 1. The van der Waals surface area contributed by atoms with Gasteiger partial charge in [0.1, 0.15) is 0 Å². The summed E-state index contributed by atoms with van der Waals surface area (Å²) >= 11 is 1.65. The number of thiophene rings is 1. The molecule has 6 aliphatic rings. The molecule has 53 heavy (non-hydrogen) atoms. The molecule has 2 amide bonds. The average molecular weight is 741 g/mol. The third kappa shape index (κ3) is 5.50. The Balaban J connectivity index is 1.16. The van der Waals surface area contributed by atoms with Crippen molar-refractivity contribution in [1.29, 1.82) is 0 Å². The van der Waals surface area contributed by atoms with E-state index in [0.29, 0.717) is 44.2 Å². The summed E-state index contributed by atoms with van der Waals surface area (Å²) in [6.07, 6.45) is 11.2. The molecule has 3 fully saturated rings. The Labute approximate surface area is 315 Å². The van der Waals surface area contributed by atoms with Crippen LogP contribution in [0, 0.1) is 45.1 Å². The number of rotatable bonds is 9. The number of carbonyl (C=O) groups excluding carboxylic acids is 2. The van der Waals surface area contributed by atoms with Crippen LogP contribution < -0.4 is 5.32 Å². The first-order valence-electron chi connectivity index (χ1n) is 19.2. The van der Waals surface area contributed by atoms with Gasteiger partial charge in [0, 0.05) is 38.8 Å². The third-order valence-corrected chi connectivity index (χ3v) is 15.7. The highest BCUT2D eigenvalue weighted by atomic mass is 32.1. The Hall–Kier alpha value is -3.66. The van der Waals surface area contributed by atoms with Gasteiger partial charge in [-0.3, -0.25) is 4.79 Å². The standard InChI is InChI=1S/C44H50F2N2O4S/c1-28(29-8-5-4-6-9-29)47-39(51)48(22-16-32-10-7-23-53-32)27-43(52)19-15-37-41(43,3)18-14-36-40(2)17-13-31(49)25-42(40)20-21-44(36,37)33(26-42)38(50)30-11-12-34(45)35(46)24-30/h4-12,20-21,23-24,26,28,31,36-37,49,52H,13-19,22,25,27H2,1-3H3,(H,47,51)/t28-,31?,36-,37-,40-,41+,42+,43-,44-/m1/s1. The van der Waals surface area contributed by atoms with Gasteiger partial charge < -0.3 is 20.4 Å². The van der Waals surface area contributed by atoms with Crippen molar-refractivity contribution in [2.45, 2.75) is 89.9 Å². The quantitative estimate of drug-likeness (QED) is 0.151. The summed E-state index contributed by atoms with van der Waals surface area (Å²) in [4.78, 5) is 31.8. The minimum absolute atomic E-state index is 0.0483. The molecule has 0 aliphatic heterocycles. The second-order valence-electron chi connectivity index (χ2n) is 17.1. The van der Waals surface area contributed by atoms with E-state index in [0.717, 1.165) is 41.8 Å². The smallest absolute Gasteiger partial charge is 0.317 e. The molecule has 2 aromatic carbocycles. The SMILES string of the molecule is C[C@@H](NC(=O)N(CCc1cccs1)C[C@]1(O)CC[C@H]2[C@]34C=C[C@@]5(C=C3C(=O)c3ccc(F)c(F)c3)CC(O)CC[C@]5(C)[C@H]4CC[C@@]21C)c1ccccc1. The summed E-state index contributed by atoms with van der Waals surface area (Å²) in [5, 5.41) is 29.3. The number of ketones is 1. The van der Waals surface area contributed by atoms with Gasteiger partial charge in [-0.25, -0.2) is 13.6 Å². The third-order valence-electron chi connectivity index (χ3n) is 14.7. The monoisotopic (exact) mass is 740 g/mol. The molecule has 1 aromatic heterocycles. The average Bonchev–Trinajstić information content (AvgIpc) is 3.76. The maximum Gasteiger partial charge on any atom is 0.317 e. The van der Waals surface area contributed by atoms with Gasteiger partial charge >= 0.3 is 6.03 Å². The molecule has 1 unspecified atom stereocenters. The fourth-order valence-electron chi connectivity index (χ4n) is 11.8. The number of fused-ring (bicyclic) bond motifs is 1. The summed E-state index contributed by atoms with van der Waals surface area (Å²) < 4.78 is 28.7. The molecule has 280 valence electrons. The van der Waals surface area contributed by atoms with Crippen LogP contribution in [0.25, 0.3) is 0 Å². The highest BCUT2D eigenvalue weighted by Gasteiger charge is 2.74. The molecule has 0 radical (unpaired) electrons. The van der Waals surface area contributed by atoms with Crippen LogP contribution in [0.1, 0.15) is 92.6 Å². The molecule has 2 spiro atoms. The number of carbonyl (C=O) groups is 2. The van der Waals surface area contributed by atoms with Gasteiger partial charge in [0.05, 0.1) is 24.3 Å². The summed E-state index contributed by atoms with van der Waals surface area (Å²) in [7, 11) is 0. The first-order chi connectivity index (χ1) is 25.3. The molecular weight excluding hydrogens is 691 g/mol. The molecule has 9 rings (SSSR count). The van der Waals surface area contributed by atoms with E-state index in [2.05, 4.69) is 43.5 Å². The Morgan fingerprint density at radius 2 is 1.68 bits per heavy atom. The van der Waals surface area contributed by atoms with Gasteiger partial charge in [0.15, 0.2) is 17.4 Å². The predicted molar refractivity (Wildman–Crippen MR) is 202 cm³/mol. The van der Waals surface area contributed by atoms with Crippen molar-refractivity contribution < 1.29 is 28.6 Å². The van der Waals surface area contributed by atoms with Crippen molar-refractivity contribution in [3.63, 3.8) is 0 Å². The first-order valence-corrected chi connectivity index (χ1v) is 20.1. The van der Waals surface area contributed by atoms with Crippen molar-refractivity contribution >= 4 is 23.2 Å². The molecule has 2 bridgehead atoms. The van der Waals surface area contributed by atoms with E-state index in [1.165, 1.54) is 6.07 Å². The number of hydrogen-bond donors (Lipinski definition) is 3. The van der Waals surface area contributed by atoms with Crippen LogP contribution in [-0.2, 0) is 6.42 Å². The number of allylic oxidation sites excluding steroid dienone is 4. The molecule has 6 nitrogen and oxygen atoms in total. The topological polar surface area (TPSA) is 89.9 Å². The predicted octanol–water partition coefficient (Wildman–Crippen LogP) is 8.82. The lowest BCUT2D eigenvalue weighted by Crippen LogP contribution is -2.67. The number of aliphatic hydroxyl groups is 2. The number of hydrogen-bond acceptors (Lipinski definition) is 5. The van der Waals surface area contributed by atoms with E-state index in [1.807, 2.05) is 48.7 Å². The maximum absolute atomic E-state index is 14.7. The van der Waals surface area contributed by atoms with E-state index in [4.69, 9.17) is 0 Å². The van der Waals surface area contributed by atoms with Crippen LogP contribution in [0.3, 0.4) is 0 Å². The minimum Gasteiger partial charge on any atom is -0.393 e. The Kier molecular flexibility index (Phi) is 8.90. The lowest BCUT2D eigenvalue weighted by molar-refractivity contribution is -0.174. The van der Waals surface area contributed by atoms with Crippen molar-refractivity contribution in [1.82, 2.24) is 10.2 Å². The number of halogens is 2. The number of nitrogens with one attached hydrogen (secondary N) is 1. The molecule has 9 atom stereocenters. The molecule has 3 saturated carbocycles. The van der Waals surface area contributed by atoms with Gasteiger partial charge in [0.25, 0.3) is 0 Å². The lowest BCUT2D eigenvalue weighted by atomic mass is 9.32. The normalized spacial score (nSPS) is 35.8. The minimum atomic E-state index is -1.25. The van der Waals surface area contributed by atoms with E-state index in [9.17, 15) is 28.6 Å². The second-order valence-corrected chi connectivity index (χ2v) is 18.1. The maximum atomic E-state index is 14.7. The second kappa shape index (κ2) is 13.0. The molecular formula is C44H50F2N2O4S. The van der Waals surface area contributed by atoms with Crippen molar-refractivity contribution in [3.05, 3.63) is 117 Å². The van der Waals surface area contributed by atoms with Gasteiger partial charge in [0.2, 0.25) is 0 Å². The molecule has 3 N–H and O–H groups in total. The van der Waals surface area contributed by atoms with Gasteiger partial charge in [-0.05, 0) is 111 Å². The van der Waals surface area contributed by atoms with E-state index >= 15 is 0 Å². The highest BCUT2D eigenvalue weighted by molar-refractivity contribution is 7.09. The molecule has 3 aromatic rings. The fraction of sp³-hybridized carbons (Fsp3) is 0.500. The Bertz CT molecular complexity index is 1970. The number of amides is 2. The summed E-state index contributed by atoms with van der Waals surface area (Å²) in [5.74, 6) is -2.50. The molecule has 9 heteroatoms. The van der Waals surface area contributed by atoms with Crippen LogP contribution >= 0.6 is 11.3 Å². The summed E-state index contributed by atoms with van der Waals surface area (Å²) in [6.45, 7) is 7.01. The van der Waals surface area contributed by atoms with Crippen molar-refractivity contribution in [3.8, 4) is 0 Å². The largest absolute Gasteiger partial charge is 0.393 e. The van der Waals surface area contributed by atoms with E-state index in [-0.39, 0.29) is 47.2 Å². The molecule has 1 heterocycles. The Morgan fingerprint density at radius 1 is 0.943 bits per heavy atom. The fourth-order valence-corrected chi connectivity index (χ4v) is 12.5. The van der Waals surface area contributed by atoms with Crippen molar-refractivity contribution in [2.24, 2.45) is 33.5 Å². The van der Waals surface area contributed by atoms with Gasteiger partial charge in [-0.15, -0.1) is 11.3 Å². The van der Waals surface area contributed by atoms with Gasteiger partial charge in [-0.1, -0.05) is 68.5 Å². The number of aliphatic hydroxyl groups excluding tert-OH is 1. The van der Waals surface area contributed by atoms with E-state index < -0.39 is 39.6 Å². The number of Topliss-reactive ketones (excluding diaryl/α,β-unsaturated/α-hetero) is 1. The Morgan fingerprint density at radius 3 is 2.42 bits per heavy atom.